The van der Waals surface area contributed by atoms with E-state index in [1.165, 1.54) is 0 Å². The first-order valence-corrected chi connectivity index (χ1v) is 4.98. The molecule has 0 radical (unpaired) electrons. The second kappa shape index (κ2) is 3.92. The predicted molar refractivity (Wildman–Crippen MR) is 56.3 cm³/mol. The number of aromatic nitrogens is 2. The maximum absolute atomic E-state index is 4.31. The van der Waals surface area contributed by atoms with Crippen LogP contribution in [-0.4, -0.2) is 47.6 Å². The van der Waals surface area contributed by atoms with Gasteiger partial charge in [-0.2, -0.15) is 0 Å². The van der Waals surface area contributed by atoms with Crippen LogP contribution in [0.3, 0.4) is 0 Å². The van der Waals surface area contributed by atoms with Crippen LogP contribution in [0.15, 0.2) is 18.6 Å². The van der Waals surface area contributed by atoms with Gasteiger partial charge in [0.05, 0.1) is 6.20 Å². The Hall–Kier alpha value is -1.16. The lowest BCUT2D eigenvalue weighted by molar-refractivity contribution is 0.233. The van der Waals surface area contributed by atoms with E-state index in [-0.39, 0.29) is 0 Å². The van der Waals surface area contributed by atoms with Gasteiger partial charge >= 0.3 is 0 Å². The third-order valence-electron chi connectivity index (χ3n) is 2.83. The van der Waals surface area contributed by atoms with Gasteiger partial charge in [-0.15, -0.1) is 0 Å². The average Bonchev–Trinajstić information content (AvgIpc) is 2.23. The number of rotatable bonds is 1. The van der Waals surface area contributed by atoms with E-state index in [2.05, 4.69) is 33.7 Å². The van der Waals surface area contributed by atoms with Gasteiger partial charge in [-0.05, 0) is 14.0 Å². The Bertz CT molecular complexity index is 287. The summed E-state index contributed by atoms with van der Waals surface area (Å²) < 4.78 is 0. The minimum atomic E-state index is 0.589. The fraction of sp³-hybridized carbons (Fsp3) is 0.600. The molecule has 0 spiro atoms. The van der Waals surface area contributed by atoms with Crippen molar-refractivity contribution < 1.29 is 0 Å². The van der Waals surface area contributed by atoms with Gasteiger partial charge in [-0.25, -0.2) is 4.98 Å². The second-order valence-corrected chi connectivity index (χ2v) is 3.84. The van der Waals surface area contributed by atoms with E-state index in [0.717, 1.165) is 25.5 Å². The molecule has 76 valence electrons. The minimum Gasteiger partial charge on any atom is -0.353 e. The highest BCUT2D eigenvalue weighted by atomic mass is 15.3. The van der Waals surface area contributed by atoms with Crippen molar-refractivity contribution in [2.75, 3.05) is 31.6 Å². The zero-order valence-electron chi connectivity index (χ0n) is 8.72. The number of hydrogen-bond donors (Lipinski definition) is 0. The van der Waals surface area contributed by atoms with Crippen LogP contribution in [-0.2, 0) is 0 Å². The van der Waals surface area contributed by atoms with Crippen molar-refractivity contribution in [1.82, 2.24) is 14.9 Å². The van der Waals surface area contributed by atoms with E-state index in [1.807, 2.05) is 6.20 Å². The van der Waals surface area contributed by atoms with E-state index in [1.54, 1.807) is 12.4 Å². The van der Waals surface area contributed by atoms with Crippen LogP contribution in [0.2, 0.25) is 0 Å². The number of nitrogens with zero attached hydrogens (tertiary/aromatic N) is 4. The molecule has 0 saturated carbocycles. The lowest BCUT2D eigenvalue weighted by Crippen LogP contribution is -2.50. The third kappa shape index (κ3) is 1.85. The molecule has 1 saturated heterocycles. The monoisotopic (exact) mass is 192 g/mol. The molecular formula is C10H16N4. The normalized spacial score (nSPS) is 23.9. The van der Waals surface area contributed by atoms with Crippen LogP contribution in [0.5, 0.6) is 0 Å². The van der Waals surface area contributed by atoms with E-state index < -0.39 is 0 Å². The Kier molecular flexibility index (Phi) is 2.63. The first kappa shape index (κ1) is 9.40. The van der Waals surface area contributed by atoms with Crippen molar-refractivity contribution in [1.29, 1.82) is 0 Å². The first-order chi connectivity index (χ1) is 6.77. The van der Waals surface area contributed by atoms with Crippen molar-refractivity contribution in [3.63, 3.8) is 0 Å². The molecule has 1 aromatic rings. The van der Waals surface area contributed by atoms with Gasteiger partial charge in [0.25, 0.3) is 0 Å². The first-order valence-electron chi connectivity index (χ1n) is 4.98. The molecule has 2 heterocycles. The van der Waals surface area contributed by atoms with Crippen LogP contribution in [0, 0.1) is 0 Å². The molecule has 1 aliphatic rings. The van der Waals surface area contributed by atoms with E-state index in [4.69, 9.17) is 0 Å². The highest BCUT2D eigenvalue weighted by Crippen LogP contribution is 2.13. The molecule has 14 heavy (non-hydrogen) atoms. The van der Waals surface area contributed by atoms with Crippen molar-refractivity contribution in [3.05, 3.63) is 18.6 Å². The molecule has 0 aromatic carbocycles. The molecule has 0 aliphatic carbocycles. The maximum atomic E-state index is 4.31. The van der Waals surface area contributed by atoms with Gasteiger partial charge in [0, 0.05) is 38.1 Å². The molecule has 4 heteroatoms. The van der Waals surface area contributed by atoms with E-state index in [9.17, 15) is 0 Å². The molecule has 0 amide bonds. The summed E-state index contributed by atoms with van der Waals surface area (Å²) >= 11 is 0. The molecule has 0 bridgehead atoms. The van der Waals surface area contributed by atoms with Crippen LogP contribution >= 0.6 is 0 Å². The molecule has 0 N–H and O–H groups in total. The van der Waals surface area contributed by atoms with Gasteiger partial charge in [0.1, 0.15) is 5.82 Å². The molecule has 2 rings (SSSR count). The fourth-order valence-corrected chi connectivity index (χ4v) is 1.71. The Morgan fingerprint density at radius 3 is 2.86 bits per heavy atom. The van der Waals surface area contributed by atoms with Crippen LogP contribution < -0.4 is 4.90 Å². The van der Waals surface area contributed by atoms with Crippen molar-refractivity contribution >= 4 is 5.82 Å². The Balaban J connectivity index is 2.07. The highest BCUT2D eigenvalue weighted by molar-refractivity contribution is 5.35. The van der Waals surface area contributed by atoms with E-state index in [0.29, 0.717) is 6.04 Å². The molecule has 4 nitrogen and oxygen atoms in total. The topological polar surface area (TPSA) is 32.3 Å². The largest absolute Gasteiger partial charge is 0.353 e. The standard InChI is InChI=1S/C10H16N4/c1-9-8-14(6-5-13(9)2)10-7-11-3-4-12-10/h3-4,7,9H,5-6,8H2,1-2H3. The molecule has 1 aliphatic heterocycles. The Labute approximate surface area is 84.6 Å². The Morgan fingerprint density at radius 1 is 1.36 bits per heavy atom. The summed E-state index contributed by atoms with van der Waals surface area (Å²) in [5.41, 5.74) is 0. The zero-order chi connectivity index (χ0) is 9.97. The van der Waals surface area contributed by atoms with Crippen LogP contribution in [0.1, 0.15) is 6.92 Å². The molecular weight excluding hydrogens is 176 g/mol. The van der Waals surface area contributed by atoms with Gasteiger partial charge in [0.2, 0.25) is 0 Å². The molecule has 1 aromatic heterocycles. The van der Waals surface area contributed by atoms with Crippen LogP contribution in [0.4, 0.5) is 5.82 Å². The van der Waals surface area contributed by atoms with Crippen molar-refractivity contribution in [3.8, 4) is 0 Å². The van der Waals surface area contributed by atoms with Gasteiger partial charge in [-0.1, -0.05) is 0 Å². The summed E-state index contributed by atoms with van der Waals surface area (Å²) in [4.78, 5) is 13.1. The van der Waals surface area contributed by atoms with Crippen molar-refractivity contribution in [2.45, 2.75) is 13.0 Å². The number of anilines is 1. The number of piperazine rings is 1. The minimum absolute atomic E-state index is 0.589. The molecule has 1 unspecified atom stereocenters. The lowest BCUT2D eigenvalue weighted by atomic mass is 10.2. The molecule has 1 atom stereocenters. The summed E-state index contributed by atoms with van der Waals surface area (Å²) in [5, 5.41) is 0. The third-order valence-corrected chi connectivity index (χ3v) is 2.83. The maximum Gasteiger partial charge on any atom is 0.147 e. The predicted octanol–water partition coefficient (Wildman–Crippen LogP) is 0.617. The summed E-state index contributed by atoms with van der Waals surface area (Å²) in [6.45, 7) is 5.41. The number of hydrogen-bond acceptors (Lipinski definition) is 4. The lowest BCUT2D eigenvalue weighted by Gasteiger charge is -2.38. The quantitative estimate of drug-likeness (QED) is 0.653. The Morgan fingerprint density at radius 2 is 2.21 bits per heavy atom. The van der Waals surface area contributed by atoms with Gasteiger partial charge in [-0.3, -0.25) is 4.98 Å². The highest BCUT2D eigenvalue weighted by Gasteiger charge is 2.21. The van der Waals surface area contributed by atoms with Crippen molar-refractivity contribution in [2.24, 2.45) is 0 Å². The van der Waals surface area contributed by atoms with Crippen LogP contribution in [0.25, 0.3) is 0 Å². The smallest absolute Gasteiger partial charge is 0.147 e. The van der Waals surface area contributed by atoms with Gasteiger partial charge in [0.15, 0.2) is 0 Å². The molecule has 1 fully saturated rings. The van der Waals surface area contributed by atoms with E-state index >= 15 is 0 Å². The zero-order valence-corrected chi connectivity index (χ0v) is 8.72. The summed E-state index contributed by atoms with van der Waals surface area (Å²) in [6, 6.07) is 0.589. The fourth-order valence-electron chi connectivity index (χ4n) is 1.71. The second-order valence-electron chi connectivity index (χ2n) is 3.84. The number of likely N-dealkylation sites (N-methyl/N-ethyl adjacent to an activating group) is 1. The average molecular weight is 192 g/mol. The summed E-state index contributed by atoms with van der Waals surface area (Å²) in [7, 11) is 2.17. The summed E-state index contributed by atoms with van der Waals surface area (Å²) in [5.74, 6) is 0.993. The SMILES string of the molecule is CC1CN(c2cnccn2)CCN1C. The summed E-state index contributed by atoms with van der Waals surface area (Å²) in [6.07, 6.45) is 5.29. The van der Waals surface area contributed by atoms with Gasteiger partial charge < -0.3 is 9.80 Å².